The van der Waals surface area contributed by atoms with Crippen LogP contribution in [0.15, 0.2) is 243 Å². The smallest absolute Gasteiger partial charge is 0.0727 e. The van der Waals surface area contributed by atoms with Crippen LogP contribution < -0.4 is 9.80 Å². The zero-order valence-corrected chi connectivity index (χ0v) is 33.5. The Morgan fingerprint density at radius 1 is 0.279 bits per heavy atom. The van der Waals surface area contributed by atoms with Gasteiger partial charge in [0.15, 0.2) is 0 Å². The highest BCUT2D eigenvalue weighted by Crippen LogP contribution is 2.65. The highest BCUT2D eigenvalue weighted by Gasteiger charge is 2.52. The van der Waals surface area contributed by atoms with Crippen molar-refractivity contribution in [2.45, 2.75) is 5.41 Å². The standard InChI is InChI=1S/C59H40N2/c1-4-18-41(19-5-1)42-34-36-46(37-35-42)60(44-22-6-2-7-23-44)47-38-39-50-49-27-12-14-29-52(49)59(55(50)40-47)53-30-15-13-28-51(53)58-54(59)31-17-33-57(58)61(45-24-8-3-9-25-45)56-32-16-21-43-20-10-11-26-48(43)56/h1-40H. The lowest BCUT2D eigenvalue weighted by atomic mass is 9.70. The van der Waals surface area contributed by atoms with Crippen LogP contribution in [0, 0.1) is 0 Å². The molecular weight excluding hydrogens is 737 g/mol. The Balaban J connectivity index is 1.11. The molecule has 0 saturated carbocycles. The monoisotopic (exact) mass is 776 g/mol. The lowest BCUT2D eigenvalue weighted by Gasteiger charge is -2.33. The minimum atomic E-state index is -0.551. The van der Waals surface area contributed by atoms with Crippen molar-refractivity contribution in [3.8, 4) is 33.4 Å². The van der Waals surface area contributed by atoms with E-state index in [9.17, 15) is 0 Å². The molecule has 0 aromatic heterocycles. The van der Waals surface area contributed by atoms with Gasteiger partial charge < -0.3 is 9.80 Å². The number of rotatable bonds is 7. The van der Waals surface area contributed by atoms with E-state index in [2.05, 4.69) is 252 Å². The number of fused-ring (bicyclic) bond motifs is 11. The van der Waals surface area contributed by atoms with Crippen molar-refractivity contribution in [1.29, 1.82) is 0 Å². The predicted molar refractivity (Wildman–Crippen MR) is 255 cm³/mol. The first-order valence-corrected chi connectivity index (χ1v) is 21.1. The minimum Gasteiger partial charge on any atom is -0.310 e. The zero-order chi connectivity index (χ0) is 40.3. The number of benzene rings is 10. The van der Waals surface area contributed by atoms with Gasteiger partial charge in [-0.1, -0.05) is 182 Å². The molecule has 0 saturated heterocycles. The van der Waals surface area contributed by atoms with Gasteiger partial charge in [-0.05, 0) is 116 Å². The Morgan fingerprint density at radius 3 is 1.52 bits per heavy atom. The summed E-state index contributed by atoms with van der Waals surface area (Å²) in [5, 5.41) is 2.43. The molecule has 0 radical (unpaired) electrons. The van der Waals surface area contributed by atoms with Gasteiger partial charge in [-0.2, -0.15) is 0 Å². The lowest BCUT2D eigenvalue weighted by Crippen LogP contribution is -2.26. The topological polar surface area (TPSA) is 6.48 Å². The van der Waals surface area contributed by atoms with Gasteiger partial charge in [0.05, 0.1) is 16.8 Å². The number of anilines is 6. The van der Waals surface area contributed by atoms with E-state index in [1.54, 1.807) is 0 Å². The normalized spacial score (nSPS) is 14.3. The average molecular weight is 777 g/mol. The van der Waals surface area contributed by atoms with Crippen LogP contribution in [0.5, 0.6) is 0 Å². The van der Waals surface area contributed by atoms with Crippen LogP contribution in [0.3, 0.4) is 0 Å². The molecule has 0 amide bonds. The summed E-state index contributed by atoms with van der Waals surface area (Å²) in [4.78, 5) is 4.88. The van der Waals surface area contributed by atoms with E-state index < -0.39 is 5.41 Å². The molecule has 10 aromatic rings. The minimum absolute atomic E-state index is 0.551. The molecule has 0 fully saturated rings. The molecule has 61 heavy (non-hydrogen) atoms. The largest absolute Gasteiger partial charge is 0.310 e. The summed E-state index contributed by atoms with van der Waals surface area (Å²) in [6.45, 7) is 0. The summed E-state index contributed by atoms with van der Waals surface area (Å²) in [7, 11) is 0. The van der Waals surface area contributed by atoms with Gasteiger partial charge in [0.1, 0.15) is 0 Å². The van der Waals surface area contributed by atoms with Crippen molar-refractivity contribution in [2.24, 2.45) is 0 Å². The third kappa shape index (κ3) is 5.36. The van der Waals surface area contributed by atoms with E-state index in [1.165, 1.54) is 66.4 Å². The van der Waals surface area contributed by atoms with Crippen molar-refractivity contribution in [1.82, 2.24) is 0 Å². The van der Waals surface area contributed by atoms with Crippen LogP contribution in [0.4, 0.5) is 34.1 Å². The van der Waals surface area contributed by atoms with Crippen molar-refractivity contribution in [3.63, 3.8) is 0 Å². The van der Waals surface area contributed by atoms with Crippen molar-refractivity contribution in [3.05, 3.63) is 265 Å². The van der Waals surface area contributed by atoms with Gasteiger partial charge in [0.25, 0.3) is 0 Å². The molecule has 286 valence electrons. The lowest BCUT2D eigenvalue weighted by molar-refractivity contribution is 0.793. The summed E-state index contributed by atoms with van der Waals surface area (Å²) in [5.74, 6) is 0. The Kier molecular flexibility index (Phi) is 8.11. The zero-order valence-electron chi connectivity index (χ0n) is 33.5. The molecule has 1 unspecified atom stereocenters. The van der Waals surface area contributed by atoms with Crippen LogP contribution in [-0.2, 0) is 5.41 Å². The maximum atomic E-state index is 2.48. The molecule has 0 heterocycles. The maximum absolute atomic E-state index is 2.48. The summed E-state index contributed by atoms with van der Waals surface area (Å²) in [5.41, 5.74) is 18.9. The van der Waals surface area contributed by atoms with E-state index in [4.69, 9.17) is 0 Å². The number of nitrogens with zero attached hydrogens (tertiary/aromatic N) is 2. The first kappa shape index (κ1) is 35.0. The number of hydrogen-bond donors (Lipinski definition) is 0. The number of hydrogen-bond acceptors (Lipinski definition) is 2. The first-order chi connectivity index (χ1) is 30.3. The second-order valence-corrected chi connectivity index (χ2v) is 16.0. The van der Waals surface area contributed by atoms with Crippen LogP contribution in [0.1, 0.15) is 22.3 Å². The van der Waals surface area contributed by atoms with Gasteiger partial charge in [-0.3, -0.25) is 0 Å². The van der Waals surface area contributed by atoms with Gasteiger partial charge in [0, 0.05) is 33.7 Å². The third-order valence-electron chi connectivity index (χ3n) is 12.8. The van der Waals surface area contributed by atoms with Crippen molar-refractivity contribution in [2.75, 3.05) is 9.80 Å². The van der Waals surface area contributed by atoms with Crippen LogP contribution in [-0.4, -0.2) is 0 Å². The SMILES string of the molecule is c1ccc(-c2ccc(N(c3ccccc3)c3ccc4c(c3)C3(c5ccccc5-4)c4ccccc4-c4c(N(c5ccccc5)c5cccc6ccccc56)cccc43)cc2)cc1. The highest BCUT2D eigenvalue weighted by atomic mass is 15.2. The summed E-state index contributed by atoms with van der Waals surface area (Å²) < 4.78 is 0. The molecule has 0 aliphatic heterocycles. The average Bonchev–Trinajstić information content (AvgIpc) is 3.81. The Labute approximate surface area is 356 Å². The molecule has 0 bridgehead atoms. The Hall–Kier alpha value is -7.94. The molecule has 10 aromatic carbocycles. The fraction of sp³-hybridized carbons (Fsp3) is 0.0169. The molecule has 0 N–H and O–H groups in total. The highest BCUT2D eigenvalue weighted by molar-refractivity contribution is 6.05. The molecule has 2 aliphatic rings. The summed E-state index contributed by atoms with van der Waals surface area (Å²) in [6, 6.07) is 89.0. The first-order valence-electron chi connectivity index (χ1n) is 21.1. The van der Waals surface area contributed by atoms with Gasteiger partial charge in [0.2, 0.25) is 0 Å². The molecule has 2 nitrogen and oxygen atoms in total. The van der Waals surface area contributed by atoms with E-state index in [0.717, 1.165) is 34.1 Å². The van der Waals surface area contributed by atoms with E-state index in [-0.39, 0.29) is 0 Å². The maximum Gasteiger partial charge on any atom is 0.0727 e. The van der Waals surface area contributed by atoms with Crippen molar-refractivity contribution < 1.29 is 0 Å². The predicted octanol–water partition coefficient (Wildman–Crippen LogP) is 15.8. The second-order valence-electron chi connectivity index (χ2n) is 16.0. The second kappa shape index (κ2) is 14.1. The Morgan fingerprint density at radius 2 is 0.770 bits per heavy atom. The van der Waals surface area contributed by atoms with Crippen molar-refractivity contribution >= 4 is 44.9 Å². The fourth-order valence-corrected chi connectivity index (χ4v) is 10.3. The molecule has 2 heteroatoms. The molecule has 12 rings (SSSR count). The third-order valence-corrected chi connectivity index (χ3v) is 12.8. The summed E-state index contributed by atoms with van der Waals surface area (Å²) >= 11 is 0. The fourth-order valence-electron chi connectivity index (χ4n) is 10.3. The molecular formula is C59H40N2. The quantitative estimate of drug-likeness (QED) is 0.159. The van der Waals surface area contributed by atoms with E-state index in [0.29, 0.717) is 0 Å². The molecule has 2 aliphatic carbocycles. The number of para-hydroxylation sites is 2. The molecule has 1 spiro atoms. The summed E-state index contributed by atoms with van der Waals surface area (Å²) in [6.07, 6.45) is 0. The molecule has 1 atom stereocenters. The van der Waals surface area contributed by atoms with E-state index in [1.807, 2.05) is 0 Å². The van der Waals surface area contributed by atoms with Gasteiger partial charge >= 0.3 is 0 Å². The van der Waals surface area contributed by atoms with Crippen LogP contribution >= 0.6 is 0 Å². The van der Waals surface area contributed by atoms with Gasteiger partial charge in [-0.25, -0.2) is 0 Å². The Bertz CT molecular complexity index is 3240. The van der Waals surface area contributed by atoms with Gasteiger partial charge in [-0.15, -0.1) is 0 Å². The van der Waals surface area contributed by atoms with Crippen LogP contribution in [0.2, 0.25) is 0 Å². The van der Waals surface area contributed by atoms with Crippen LogP contribution in [0.25, 0.3) is 44.2 Å². The van der Waals surface area contributed by atoms with E-state index >= 15 is 0 Å².